The number of thioether (sulfide) groups is 1. The molecule has 3 N–H and O–H groups in total. The summed E-state index contributed by atoms with van der Waals surface area (Å²) >= 11 is 6.58. The van der Waals surface area contributed by atoms with Crippen LogP contribution in [0.15, 0.2) is 23.3 Å². The Morgan fingerprint density at radius 2 is 2.14 bits per heavy atom. The average molecular weight is 339 g/mol. The van der Waals surface area contributed by atoms with Crippen LogP contribution >= 0.6 is 24.0 Å². The molecule has 0 aromatic carbocycles. The molecular weight excluding hydrogens is 322 g/mol. The number of nitrogens with one attached hydrogen (secondary N) is 1. The number of likely N-dealkylation sites (N-methyl/N-ethyl adjacent to an activating group) is 1. The van der Waals surface area contributed by atoms with E-state index in [0.717, 1.165) is 5.75 Å². The van der Waals surface area contributed by atoms with Gasteiger partial charge in [-0.05, 0) is 19.4 Å². The molecule has 1 unspecified atom stereocenters. The molecule has 0 spiro atoms. The first-order valence-electron chi connectivity index (χ1n) is 6.72. The second kappa shape index (κ2) is 6.21. The van der Waals surface area contributed by atoms with Crippen LogP contribution in [0.4, 0.5) is 0 Å². The molecule has 2 rings (SSSR count). The van der Waals surface area contributed by atoms with Crippen molar-refractivity contribution in [2.45, 2.75) is 13.3 Å². The Morgan fingerprint density at radius 1 is 1.45 bits per heavy atom. The Bertz CT molecular complexity index is 627. The van der Waals surface area contributed by atoms with Gasteiger partial charge in [0.1, 0.15) is 4.32 Å². The van der Waals surface area contributed by atoms with E-state index >= 15 is 0 Å². The van der Waals surface area contributed by atoms with Gasteiger partial charge in [0.2, 0.25) is 11.8 Å². The number of primary amides is 1. The topological polar surface area (TPSA) is 92.5 Å². The van der Waals surface area contributed by atoms with Gasteiger partial charge in [-0.25, -0.2) is 0 Å². The number of hydrogen-bond donors (Lipinski definition) is 2. The lowest BCUT2D eigenvalue weighted by atomic mass is 9.76. The summed E-state index contributed by atoms with van der Waals surface area (Å²) in [5, 5.41) is 2.51. The molecule has 118 valence electrons. The number of carbonyl (C=O) groups is 3. The highest BCUT2D eigenvalue weighted by atomic mass is 32.2. The zero-order chi connectivity index (χ0) is 16.5. The summed E-state index contributed by atoms with van der Waals surface area (Å²) in [6.07, 6.45) is 3.21. The Labute approximate surface area is 138 Å². The Balaban J connectivity index is 2.41. The maximum Gasteiger partial charge on any atom is 0.259 e. The summed E-state index contributed by atoms with van der Waals surface area (Å²) in [7, 11) is 1.50. The van der Waals surface area contributed by atoms with Crippen molar-refractivity contribution < 1.29 is 14.4 Å². The van der Waals surface area contributed by atoms with E-state index in [-0.39, 0.29) is 23.8 Å². The largest absolute Gasteiger partial charge is 0.369 e. The highest BCUT2D eigenvalue weighted by Crippen LogP contribution is 2.35. The first-order chi connectivity index (χ1) is 10.3. The van der Waals surface area contributed by atoms with E-state index in [1.54, 1.807) is 6.92 Å². The van der Waals surface area contributed by atoms with Crippen molar-refractivity contribution in [3.05, 3.63) is 23.3 Å². The van der Waals surface area contributed by atoms with Crippen LogP contribution in [0, 0.1) is 5.41 Å². The van der Waals surface area contributed by atoms with Gasteiger partial charge in [-0.3, -0.25) is 19.3 Å². The summed E-state index contributed by atoms with van der Waals surface area (Å²) in [6, 6.07) is 0. The molecule has 8 heteroatoms. The van der Waals surface area contributed by atoms with Crippen molar-refractivity contribution in [3.63, 3.8) is 0 Å². The second-order valence-electron chi connectivity index (χ2n) is 5.38. The third-order valence-corrected chi connectivity index (χ3v) is 5.12. The predicted molar refractivity (Wildman–Crippen MR) is 88.9 cm³/mol. The van der Waals surface area contributed by atoms with Crippen LogP contribution in [0.3, 0.4) is 0 Å². The molecule has 1 atom stereocenters. The summed E-state index contributed by atoms with van der Waals surface area (Å²) in [6.45, 7) is 2.14. The number of carbonyl (C=O) groups excluding carboxylic acids is 3. The quantitative estimate of drug-likeness (QED) is 0.724. The summed E-state index contributed by atoms with van der Waals surface area (Å²) in [5.41, 5.74) is 5.01. The number of nitrogens with zero attached hydrogens (tertiary/aromatic N) is 1. The molecule has 1 fully saturated rings. The molecule has 0 radical (unpaired) electrons. The molecule has 2 aliphatic rings. The Hall–Kier alpha value is -1.67. The molecular formula is C14H17N3O3S2. The van der Waals surface area contributed by atoms with Crippen molar-refractivity contribution in [2.24, 2.45) is 11.1 Å². The highest BCUT2D eigenvalue weighted by Gasteiger charge is 2.37. The van der Waals surface area contributed by atoms with E-state index in [9.17, 15) is 14.4 Å². The number of amides is 3. The molecule has 0 bridgehead atoms. The SMILES string of the molecule is CNC(=O)C1=CC(C(=O)N2CCSC2=S)=CC(C)(C(N)=O)C1. The molecule has 1 saturated heterocycles. The maximum atomic E-state index is 12.6. The van der Waals surface area contributed by atoms with Crippen molar-refractivity contribution >= 4 is 46.0 Å². The molecule has 0 aromatic rings. The molecule has 1 aliphatic carbocycles. The van der Waals surface area contributed by atoms with Crippen molar-refractivity contribution in [2.75, 3.05) is 19.3 Å². The van der Waals surface area contributed by atoms with Crippen molar-refractivity contribution in [3.8, 4) is 0 Å². The lowest BCUT2D eigenvalue weighted by Gasteiger charge is -2.29. The van der Waals surface area contributed by atoms with Crippen LogP contribution in [0.2, 0.25) is 0 Å². The van der Waals surface area contributed by atoms with E-state index in [1.165, 1.54) is 35.9 Å². The minimum Gasteiger partial charge on any atom is -0.369 e. The number of thiocarbonyl (C=S) groups is 1. The maximum absolute atomic E-state index is 12.6. The molecule has 3 amide bonds. The lowest BCUT2D eigenvalue weighted by Crippen LogP contribution is -2.39. The van der Waals surface area contributed by atoms with Crippen LogP contribution in [0.1, 0.15) is 13.3 Å². The molecule has 0 aromatic heterocycles. The standard InChI is InChI=1S/C14H17N3O3S2/c1-14(12(15)20)6-8(10(18)16-2)5-9(7-14)11(19)17-3-4-22-13(17)21/h5,7H,3-4,6H2,1-2H3,(H2,15,20)(H,16,18). The third-order valence-electron chi connectivity index (χ3n) is 3.70. The van der Waals surface area contributed by atoms with Gasteiger partial charge >= 0.3 is 0 Å². The van der Waals surface area contributed by atoms with Crippen molar-refractivity contribution in [1.29, 1.82) is 0 Å². The van der Waals surface area contributed by atoms with Gasteiger partial charge in [-0.15, -0.1) is 0 Å². The highest BCUT2D eigenvalue weighted by molar-refractivity contribution is 8.23. The molecule has 1 heterocycles. The van der Waals surface area contributed by atoms with Gasteiger partial charge in [0.15, 0.2) is 0 Å². The lowest BCUT2D eigenvalue weighted by molar-refractivity contribution is -0.124. The van der Waals surface area contributed by atoms with Gasteiger partial charge in [-0.1, -0.05) is 30.1 Å². The second-order valence-corrected chi connectivity index (χ2v) is 7.11. The van der Waals surface area contributed by atoms with Gasteiger partial charge < -0.3 is 11.1 Å². The third kappa shape index (κ3) is 3.07. The van der Waals surface area contributed by atoms with Gasteiger partial charge in [0.05, 0.1) is 5.41 Å². The molecule has 6 nitrogen and oxygen atoms in total. The fraction of sp³-hybridized carbons (Fsp3) is 0.429. The number of nitrogens with two attached hydrogens (primary N) is 1. The van der Waals surface area contributed by atoms with E-state index in [2.05, 4.69) is 5.32 Å². The normalized spacial score (nSPS) is 24.6. The number of hydrogen-bond acceptors (Lipinski definition) is 5. The summed E-state index contributed by atoms with van der Waals surface area (Å²) < 4.78 is 0.507. The minimum absolute atomic E-state index is 0.165. The monoisotopic (exact) mass is 339 g/mol. The molecule has 1 aliphatic heterocycles. The van der Waals surface area contributed by atoms with Crippen molar-refractivity contribution in [1.82, 2.24) is 10.2 Å². The first-order valence-corrected chi connectivity index (χ1v) is 8.12. The zero-order valence-electron chi connectivity index (χ0n) is 12.3. The number of rotatable bonds is 3. The van der Waals surface area contributed by atoms with Crippen LogP contribution in [-0.4, -0.2) is 46.3 Å². The van der Waals surface area contributed by atoms with E-state index in [4.69, 9.17) is 18.0 Å². The summed E-state index contributed by atoms with van der Waals surface area (Å²) in [4.78, 5) is 37.8. The predicted octanol–water partition coefficient (Wildman–Crippen LogP) is 0.341. The van der Waals surface area contributed by atoms with Gasteiger partial charge in [-0.2, -0.15) is 0 Å². The minimum atomic E-state index is -1.07. The van der Waals surface area contributed by atoms with Crippen LogP contribution in [0.25, 0.3) is 0 Å². The van der Waals surface area contributed by atoms with E-state index in [0.29, 0.717) is 16.4 Å². The molecule has 0 saturated carbocycles. The zero-order valence-corrected chi connectivity index (χ0v) is 14.0. The Kier molecular flexibility index (Phi) is 4.72. The van der Waals surface area contributed by atoms with Crippen LogP contribution < -0.4 is 11.1 Å². The Morgan fingerprint density at radius 3 is 2.64 bits per heavy atom. The fourth-order valence-corrected chi connectivity index (χ4v) is 3.59. The van der Waals surface area contributed by atoms with Crippen LogP contribution in [0.5, 0.6) is 0 Å². The van der Waals surface area contributed by atoms with Gasteiger partial charge in [0.25, 0.3) is 5.91 Å². The smallest absolute Gasteiger partial charge is 0.259 e. The van der Waals surface area contributed by atoms with E-state index in [1.807, 2.05) is 0 Å². The first kappa shape index (κ1) is 16.7. The van der Waals surface area contributed by atoms with Crippen LogP contribution in [-0.2, 0) is 14.4 Å². The fourth-order valence-electron chi connectivity index (χ4n) is 2.39. The average Bonchev–Trinajstić information content (AvgIpc) is 2.91. The summed E-state index contributed by atoms with van der Waals surface area (Å²) in [5.74, 6) is -0.463. The van der Waals surface area contributed by atoms with Gasteiger partial charge in [0, 0.05) is 30.5 Å². The molecule has 22 heavy (non-hydrogen) atoms. The van der Waals surface area contributed by atoms with E-state index < -0.39 is 11.3 Å².